The van der Waals surface area contributed by atoms with E-state index in [1.165, 1.54) is 19.2 Å². The van der Waals surface area contributed by atoms with Gasteiger partial charge in [0.05, 0.1) is 23.8 Å². The van der Waals surface area contributed by atoms with Crippen molar-refractivity contribution in [2.75, 3.05) is 11.8 Å². The number of nitro benzene ring substituents is 1. The van der Waals surface area contributed by atoms with Crippen LogP contribution in [0.2, 0.25) is 5.02 Å². The van der Waals surface area contributed by atoms with Crippen molar-refractivity contribution in [3.05, 3.63) is 57.4 Å². The molecular formula is C13H10ClFN2O5S. The van der Waals surface area contributed by atoms with Gasteiger partial charge in [-0.25, -0.2) is 12.8 Å². The highest BCUT2D eigenvalue weighted by atomic mass is 35.5. The molecule has 1 N–H and O–H groups in total. The Morgan fingerprint density at radius 3 is 2.57 bits per heavy atom. The molecule has 122 valence electrons. The second kappa shape index (κ2) is 6.39. The van der Waals surface area contributed by atoms with Gasteiger partial charge in [0.25, 0.3) is 15.7 Å². The van der Waals surface area contributed by atoms with Gasteiger partial charge in [0.1, 0.15) is 11.6 Å². The van der Waals surface area contributed by atoms with Gasteiger partial charge in [0.15, 0.2) is 4.90 Å². The minimum absolute atomic E-state index is 0.105. The van der Waals surface area contributed by atoms with Crippen LogP contribution in [0, 0.1) is 15.9 Å². The molecule has 0 bridgehead atoms. The Morgan fingerprint density at radius 1 is 1.26 bits per heavy atom. The van der Waals surface area contributed by atoms with Gasteiger partial charge in [0, 0.05) is 5.02 Å². The van der Waals surface area contributed by atoms with Crippen LogP contribution >= 0.6 is 11.6 Å². The van der Waals surface area contributed by atoms with E-state index < -0.39 is 37.0 Å². The first kappa shape index (κ1) is 17.0. The largest absolute Gasteiger partial charge is 0.497 e. The average Bonchev–Trinajstić information content (AvgIpc) is 2.50. The number of ether oxygens (including phenoxy) is 1. The topological polar surface area (TPSA) is 98.5 Å². The second-order valence-electron chi connectivity index (χ2n) is 4.32. The molecular weight excluding hydrogens is 351 g/mol. The zero-order chi connectivity index (χ0) is 17.2. The molecule has 0 amide bonds. The van der Waals surface area contributed by atoms with E-state index in [1.807, 2.05) is 4.72 Å². The number of halogens is 2. The molecule has 0 radical (unpaired) electrons. The fourth-order valence-electron chi connectivity index (χ4n) is 1.77. The number of nitro groups is 1. The molecule has 0 spiro atoms. The lowest BCUT2D eigenvalue weighted by Gasteiger charge is -2.10. The van der Waals surface area contributed by atoms with E-state index in [-0.39, 0.29) is 10.8 Å². The third kappa shape index (κ3) is 3.69. The van der Waals surface area contributed by atoms with Crippen molar-refractivity contribution in [1.29, 1.82) is 0 Å². The number of hydrogen-bond acceptors (Lipinski definition) is 5. The van der Waals surface area contributed by atoms with Crippen LogP contribution in [0.1, 0.15) is 0 Å². The van der Waals surface area contributed by atoms with E-state index in [4.69, 9.17) is 16.3 Å². The highest BCUT2D eigenvalue weighted by molar-refractivity contribution is 7.92. The predicted molar refractivity (Wildman–Crippen MR) is 81.9 cm³/mol. The Labute approximate surface area is 135 Å². The Kier molecular flexibility index (Phi) is 4.71. The quantitative estimate of drug-likeness (QED) is 0.652. The summed E-state index contributed by atoms with van der Waals surface area (Å²) in [6.07, 6.45) is 0. The maximum Gasteiger partial charge on any atom is 0.293 e. The van der Waals surface area contributed by atoms with Gasteiger partial charge in [0.2, 0.25) is 0 Å². The van der Waals surface area contributed by atoms with Gasteiger partial charge < -0.3 is 4.74 Å². The molecule has 0 aliphatic rings. The SMILES string of the molecule is COc1ccc(S(=O)(=O)Nc2cc(Cl)ccc2F)c([N+](=O)[O-])c1. The first-order valence-corrected chi connectivity index (χ1v) is 7.91. The molecule has 0 heterocycles. The van der Waals surface area contributed by atoms with Crippen LogP contribution in [0.3, 0.4) is 0 Å². The lowest BCUT2D eigenvalue weighted by atomic mass is 10.3. The maximum atomic E-state index is 13.7. The minimum Gasteiger partial charge on any atom is -0.497 e. The lowest BCUT2D eigenvalue weighted by molar-refractivity contribution is -0.387. The number of hydrogen-bond donors (Lipinski definition) is 1. The van der Waals surface area contributed by atoms with Crippen molar-refractivity contribution in [1.82, 2.24) is 0 Å². The van der Waals surface area contributed by atoms with Crippen molar-refractivity contribution < 1.29 is 22.5 Å². The minimum atomic E-state index is -4.40. The number of rotatable bonds is 5. The Morgan fingerprint density at radius 2 is 1.96 bits per heavy atom. The second-order valence-corrected chi connectivity index (χ2v) is 6.41. The van der Waals surface area contributed by atoms with E-state index in [9.17, 15) is 22.9 Å². The zero-order valence-electron chi connectivity index (χ0n) is 11.6. The van der Waals surface area contributed by atoms with Crippen LogP contribution in [0.5, 0.6) is 5.75 Å². The maximum absolute atomic E-state index is 13.7. The number of anilines is 1. The zero-order valence-corrected chi connectivity index (χ0v) is 13.2. The number of sulfonamides is 1. The summed E-state index contributed by atoms with van der Waals surface area (Å²) in [7, 11) is -3.11. The smallest absolute Gasteiger partial charge is 0.293 e. The Bertz CT molecular complexity index is 873. The normalized spacial score (nSPS) is 11.1. The highest BCUT2D eigenvalue weighted by Gasteiger charge is 2.27. The van der Waals surface area contributed by atoms with Crippen LogP contribution < -0.4 is 9.46 Å². The van der Waals surface area contributed by atoms with Crippen molar-refractivity contribution >= 4 is 33.0 Å². The summed E-state index contributed by atoms with van der Waals surface area (Å²) in [5, 5.41) is 11.2. The summed E-state index contributed by atoms with van der Waals surface area (Å²) in [4.78, 5) is 9.58. The van der Waals surface area contributed by atoms with Crippen LogP contribution in [0.15, 0.2) is 41.3 Å². The van der Waals surface area contributed by atoms with Crippen LogP contribution in [0.4, 0.5) is 15.8 Å². The fourth-order valence-corrected chi connectivity index (χ4v) is 3.15. The average molecular weight is 361 g/mol. The molecule has 0 fully saturated rings. The van der Waals surface area contributed by atoms with E-state index >= 15 is 0 Å². The summed E-state index contributed by atoms with van der Waals surface area (Å²) in [6.45, 7) is 0. The molecule has 0 saturated carbocycles. The first-order chi connectivity index (χ1) is 10.7. The van der Waals surface area contributed by atoms with E-state index in [0.717, 1.165) is 24.3 Å². The summed E-state index contributed by atoms with van der Waals surface area (Å²) >= 11 is 5.69. The Balaban J connectivity index is 2.51. The van der Waals surface area contributed by atoms with Gasteiger partial charge in [-0.15, -0.1) is 0 Å². The van der Waals surface area contributed by atoms with Gasteiger partial charge in [-0.3, -0.25) is 14.8 Å². The first-order valence-electron chi connectivity index (χ1n) is 6.05. The molecule has 0 atom stereocenters. The molecule has 2 rings (SSSR count). The van der Waals surface area contributed by atoms with Crippen molar-refractivity contribution in [3.63, 3.8) is 0 Å². The summed E-state index contributed by atoms with van der Waals surface area (Å²) in [5.74, 6) is -0.751. The van der Waals surface area contributed by atoms with E-state index in [2.05, 4.69) is 0 Å². The molecule has 2 aromatic rings. The standard InChI is InChI=1S/C13H10ClFN2O5S/c1-22-9-3-5-13(12(7-9)17(18)19)23(20,21)16-11-6-8(14)2-4-10(11)15/h2-7,16H,1H3. The molecule has 23 heavy (non-hydrogen) atoms. The van der Waals surface area contributed by atoms with Crippen LogP contribution in [-0.2, 0) is 10.0 Å². The molecule has 0 aliphatic carbocycles. The highest BCUT2D eigenvalue weighted by Crippen LogP contribution is 2.30. The molecule has 2 aromatic carbocycles. The molecule has 10 heteroatoms. The van der Waals surface area contributed by atoms with Crippen LogP contribution in [0.25, 0.3) is 0 Å². The lowest BCUT2D eigenvalue weighted by Crippen LogP contribution is -2.15. The van der Waals surface area contributed by atoms with Crippen molar-refractivity contribution in [3.8, 4) is 5.75 Å². The number of benzene rings is 2. The fraction of sp³-hybridized carbons (Fsp3) is 0.0769. The van der Waals surface area contributed by atoms with Gasteiger partial charge in [-0.05, 0) is 30.3 Å². The molecule has 7 nitrogen and oxygen atoms in total. The third-order valence-electron chi connectivity index (χ3n) is 2.83. The summed E-state index contributed by atoms with van der Waals surface area (Å²) in [5.41, 5.74) is -1.11. The summed E-state index contributed by atoms with van der Waals surface area (Å²) in [6, 6.07) is 6.48. The van der Waals surface area contributed by atoms with Crippen molar-refractivity contribution in [2.45, 2.75) is 4.90 Å². The number of nitrogens with one attached hydrogen (secondary N) is 1. The van der Waals surface area contributed by atoms with Crippen LogP contribution in [-0.4, -0.2) is 20.5 Å². The monoisotopic (exact) mass is 360 g/mol. The number of methoxy groups -OCH3 is 1. The van der Waals surface area contributed by atoms with Gasteiger partial charge in [-0.1, -0.05) is 11.6 Å². The van der Waals surface area contributed by atoms with Crippen molar-refractivity contribution in [2.24, 2.45) is 0 Å². The number of nitrogens with zero attached hydrogens (tertiary/aromatic N) is 1. The molecule has 0 aromatic heterocycles. The molecule has 0 saturated heterocycles. The van der Waals surface area contributed by atoms with E-state index in [0.29, 0.717) is 0 Å². The van der Waals surface area contributed by atoms with E-state index in [1.54, 1.807) is 0 Å². The van der Waals surface area contributed by atoms with Gasteiger partial charge >= 0.3 is 0 Å². The van der Waals surface area contributed by atoms with Gasteiger partial charge in [-0.2, -0.15) is 0 Å². The Hall–Kier alpha value is -2.39. The molecule has 0 unspecified atom stereocenters. The third-order valence-corrected chi connectivity index (χ3v) is 4.47. The molecule has 0 aliphatic heterocycles. The predicted octanol–water partition coefficient (Wildman–Crippen LogP) is 3.20. The summed E-state index contributed by atoms with van der Waals surface area (Å²) < 4.78 is 45.1.